The van der Waals surface area contributed by atoms with Gasteiger partial charge < -0.3 is 9.47 Å². The number of hydrogen-bond donors (Lipinski definition) is 2. The predicted octanol–water partition coefficient (Wildman–Crippen LogP) is -1.23. The van der Waals surface area contributed by atoms with Gasteiger partial charge in [0.2, 0.25) is 5.91 Å². The molecule has 2 heterocycles. The van der Waals surface area contributed by atoms with Gasteiger partial charge in [0.15, 0.2) is 0 Å². The fraction of sp³-hybridized carbons (Fsp3) is 0.700. The van der Waals surface area contributed by atoms with E-state index >= 15 is 0 Å². The average Bonchev–Trinajstić information content (AvgIpc) is 2.90. The van der Waals surface area contributed by atoms with Gasteiger partial charge in [-0.1, -0.05) is 0 Å². The van der Waals surface area contributed by atoms with Gasteiger partial charge in [-0.25, -0.2) is 9.80 Å². The topological polar surface area (TPSA) is 97.0 Å². The van der Waals surface area contributed by atoms with Gasteiger partial charge in [-0.3, -0.25) is 20.3 Å². The molecule has 0 bridgehead atoms. The summed E-state index contributed by atoms with van der Waals surface area (Å²) in [5.74, 6) is -0.918. The molecule has 2 fully saturated rings. The lowest BCUT2D eigenvalue weighted by atomic mass is 10.2. The lowest BCUT2D eigenvalue weighted by Crippen LogP contribution is -2.45. The van der Waals surface area contributed by atoms with Gasteiger partial charge >= 0.3 is 6.03 Å². The first kappa shape index (κ1) is 12.8. The van der Waals surface area contributed by atoms with E-state index in [-0.39, 0.29) is 19.3 Å². The third-order valence-corrected chi connectivity index (χ3v) is 2.61. The molecule has 0 aliphatic carbocycles. The number of amides is 4. The number of hydrogen-bond acceptors (Lipinski definition) is 5. The van der Waals surface area contributed by atoms with Crippen molar-refractivity contribution in [1.82, 2.24) is 15.8 Å². The Hall–Kier alpha value is -1.67. The number of carbonyl (C=O) groups excluding carboxylic acids is 3. The summed E-state index contributed by atoms with van der Waals surface area (Å²) < 4.78 is 10.5. The molecule has 0 aromatic carbocycles. The molecule has 2 rings (SSSR count). The van der Waals surface area contributed by atoms with Crippen molar-refractivity contribution in [1.29, 1.82) is 0 Å². The lowest BCUT2D eigenvalue weighted by Gasteiger charge is -2.15. The highest BCUT2D eigenvalue weighted by atomic mass is 16.5. The minimum Gasteiger partial charge on any atom is -0.376 e. The molecule has 8 nitrogen and oxygen atoms in total. The van der Waals surface area contributed by atoms with Gasteiger partial charge in [0.25, 0.3) is 5.91 Å². The third kappa shape index (κ3) is 3.41. The fourth-order valence-corrected chi connectivity index (χ4v) is 1.77. The van der Waals surface area contributed by atoms with E-state index in [9.17, 15) is 14.4 Å². The first-order valence-electron chi connectivity index (χ1n) is 5.75. The van der Waals surface area contributed by atoms with Crippen LogP contribution in [0.5, 0.6) is 0 Å². The van der Waals surface area contributed by atoms with Crippen LogP contribution in [-0.2, 0) is 19.1 Å². The maximum Gasteiger partial charge on any atom is 0.343 e. The lowest BCUT2D eigenvalue weighted by molar-refractivity contribution is -0.130. The molecule has 8 heteroatoms. The second-order valence-corrected chi connectivity index (χ2v) is 4.12. The number of nitrogens with zero attached hydrogens (tertiary/aromatic N) is 1. The van der Waals surface area contributed by atoms with Gasteiger partial charge in [0.05, 0.1) is 12.7 Å². The Morgan fingerprint density at radius 2 is 2.39 bits per heavy atom. The molecule has 2 N–H and O–H groups in total. The molecule has 4 amide bonds. The number of carbonyl (C=O) groups is 3. The third-order valence-electron chi connectivity index (χ3n) is 2.61. The molecule has 0 saturated carbocycles. The summed E-state index contributed by atoms with van der Waals surface area (Å²) in [7, 11) is 0. The quantitative estimate of drug-likeness (QED) is 0.601. The largest absolute Gasteiger partial charge is 0.376 e. The Balaban J connectivity index is 1.62. The monoisotopic (exact) mass is 257 g/mol. The van der Waals surface area contributed by atoms with Crippen LogP contribution in [0.2, 0.25) is 0 Å². The minimum atomic E-state index is -0.632. The van der Waals surface area contributed by atoms with Crippen LogP contribution in [0.3, 0.4) is 0 Å². The van der Waals surface area contributed by atoms with Gasteiger partial charge in [0.1, 0.15) is 13.2 Å². The molecule has 100 valence electrons. The predicted molar refractivity (Wildman–Crippen MR) is 58.2 cm³/mol. The maximum atomic E-state index is 11.4. The molecule has 0 radical (unpaired) electrons. The van der Waals surface area contributed by atoms with Crippen LogP contribution in [-0.4, -0.2) is 55.3 Å². The minimum absolute atomic E-state index is 0.0504. The number of imide groups is 1. The van der Waals surface area contributed by atoms with Crippen molar-refractivity contribution in [2.24, 2.45) is 0 Å². The smallest absolute Gasteiger partial charge is 0.343 e. The highest BCUT2D eigenvalue weighted by molar-refractivity contribution is 6.02. The maximum absolute atomic E-state index is 11.4. The van der Waals surface area contributed by atoms with Gasteiger partial charge in [-0.2, -0.15) is 0 Å². The summed E-state index contributed by atoms with van der Waals surface area (Å²) in [4.78, 5) is 33.4. The molecular weight excluding hydrogens is 242 g/mol. The van der Waals surface area contributed by atoms with Crippen molar-refractivity contribution in [3.05, 3.63) is 0 Å². The Morgan fingerprint density at radius 1 is 1.56 bits per heavy atom. The number of ether oxygens (including phenoxy) is 2. The molecule has 0 aromatic rings. The van der Waals surface area contributed by atoms with Gasteiger partial charge in [0, 0.05) is 6.61 Å². The van der Waals surface area contributed by atoms with E-state index in [1.54, 1.807) is 0 Å². The van der Waals surface area contributed by atoms with Gasteiger partial charge in [-0.15, -0.1) is 0 Å². The molecular formula is C10H15N3O5. The zero-order valence-electron chi connectivity index (χ0n) is 9.81. The van der Waals surface area contributed by atoms with E-state index in [0.29, 0.717) is 6.61 Å². The standard InChI is InChI=1S/C10H15N3O5/c14-8-4-13(10(16)11-8)12-9(15)6-17-5-7-2-1-3-18-7/h7H,1-6H2,(H,12,15)(H,11,14,16)/t7-/m1/s1. The summed E-state index contributed by atoms with van der Waals surface area (Å²) in [5, 5.41) is 2.96. The zero-order chi connectivity index (χ0) is 13.0. The first-order chi connectivity index (χ1) is 8.65. The summed E-state index contributed by atoms with van der Waals surface area (Å²) in [6, 6.07) is -0.632. The van der Waals surface area contributed by atoms with E-state index < -0.39 is 17.8 Å². The van der Waals surface area contributed by atoms with Crippen molar-refractivity contribution < 1.29 is 23.9 Å². The Labute approximate surface area is 104 Å². The average molecular weight is 257 g/mol. The number of urea groups is 1. The van der Waals surface area contributed by atoms with Crippen molar-refractivity contribution in [2.75, 3.05) is 26.4 Å². The zero-order valence-corrected chi connectivity index (χ0v) is 9.81. The molecule has 2 saturated heterocycles. The number of hydrazine groups is 1. The van der Waals surface area contributed by atoms with E-state index in [0.717, 1.165) is 24.5 Å². The second-order valence-electron chi connectivity index (χ2n) is 4.12. The van der Waals surface area contributed by atoms with Crippen molar-refractivity contribution >= 4 is 17.8 Å². The number of nitrogens with one attached hydrogen (secondary N) is 2. The Morgan fingerprint density at radius 3 is 3.00 bits per heavy atom. The molecule has 0 aromatic heterocycles. The van der Waals surface area contributed by atoms with E-state index in [1.807, 2.05) is 5.32 Å². The van der Waals surface area contributed by atoms with Crippen molar-refractivity contribution in [3.8, 4) is 0 Å². The van der Waals surface area contributed by atoms with Crippen LogP contribution in [0.25, 0.3) is 0 Å². The van der Waals surface area contributed by atoms with Crippen LogP contribution in [0.15, 0.2) is 0 Å². The van der Waals surface area contributed by atoms with Crippen LogP contribution < -0.4 is 10.7 Å². The normalized spacial score (nSPS) is 23.3. The van der Waals surface area contributed by atoms with E-state index in [1.165, 1.54) is 0 Å². The summed E-state index contributed by atoms with van der Waals surface area (Å²) in [6.07, 6.45) is 2.00. The highest BCUT2D eigenvalue weighted by Gasteiger charge is 2.28. The van der Waals surface area contributed by atoms with E-state index in [2.05, 4.69) is 5.43 Å². The summed E-state index contributed by atoms with van der Waals surface area (Å²) in [6.45, 7) is 0.753. The van der Waals surface area contributed by atoms with Crippen LogP contribution in [0.4, 0.5) is 4.79 Å². The van der Waals surface area contributed by atoms with Crippen molar-refractivity contribution in [2.45, 2.75) is 18.9 Å². The summed E-state index contributed by atoms with van der Waals surface area (Å²) in [5.41, 5.74) is 2.28. The molecule has 2 aliphatic rings. The van der Waals surface area contributed by atoms with Crippen LogP contribution >= 0.6 is 0 Å². The Bertz CT molecular complexity index is 353. The Kier molecular flexibility index (Phi) is 4.11. The van der Waals surface area contributed by atoms with Crippen LogP contribution in [0.1, 0.15) is 12.8 Å². The highest BCUT2D eigenvalue weighted by Crippen LogP contribution is 2.11. The molecule has 18 heavy (non-hydrogen) atoms. The first-order valence-corrected chi connectivity index (χ1v) is 5.75. The van der Waals surface area contributed by atoms with Crippen molar-refractivity contribution in [3.63, 3.8) is 0 Å². The van der Waals surface area contributed by atoms with E-state index in [4.69, 9.17) is 9.47 Å². The summed E-state index contributed by atoms with van der Waals surface area (Å²) >= 11 is 0. The SMILES string of the molecule is O=C1CN(NC(=O)COC[C@H]2CCCO2)C(=O)N1. The molecule has 0 unspecified atom stereocenters. The van der Waals surface area contributed by atoms with Gasteiger partial charge in [-0.05, 0) is 12.8 Å². The molecule has 2 aliphatic heterocycles. The molecule has 1 atom stereocenters. The fourth-order valence-electron chi connectivity index (χ4n) is 1.77. The van der Waals surface area contributed by atoms with Crippen LogP contribution in [0, 0.1) is 0 Å². The number of rotatable bonds is 5. The second kappa shape index (κ2) is 5.78. The molecule has 0 spiro atoms.